The third-order valence-corrected chi connectivity index (χ3v) is 7.04. The molecule has 0 fully saturated rings. The molecule has 0 spiro atoms. The van der Waals surface area contributed by atoms with E-state index in [2.05, 4.69) is 0 Å². The molecule has 0 amide bonds. The van der Waals surface area contributed by atoms with Gasteiger partial charge in [-0.1, -0.05) is 60.7 Å². The molecule has 0 atom stereocenters. The number of carbonyl (C=O) groups excluding carboxylic acids is 4. The average Bonchev–Trinajstić information content (AvgIpc) is 3.07. The van der Waals surface area contributed by atoms with Gasteiger partial charge in [0.25, 0.3) is 0 Å². The number of rotatable bonds is 8. The number of ketones is 4. The third-order valence-electron chi connectivity index (χ3n) is 7.04. The molecule has 0 radical (unpaired) electrons. The summed E-state index contributed by atoms with van der Waals surface area (Å²) < 4.78 is 26.5. The fourth-order valence-corrected chi connectivity index (χ4v) is 4.69. The summed E-state index contributed by atoms with van der Waals surface area (Å²) in [6, 6.07) is 29.5. The Labute approximate surface area is 249 Å². The molecule has 0 aliphatic rings. The van der Waals surface area contributed by atoms with Gasteiger partial charge in [0, 0.05) is 33.4 Å². The topological polar surface area (TPSA) is 94.1 Å². The van der Waals surface area contributed by atoms with Crippen molar-refractivity contribution in [2.75, 3.05) is 0 Å². The summed E-state index contributed by atoms with van der Waals surface area (Å²) in [5.74, 6) is -3.99. The molecule has 0 saturated heterocycles. The normalized spacial score (nSPS) is 10.9. The highest BCUT2D eigenvalue weighted by Gasteiger charge is 2.21. The van der Waals surface area contributed by atoms with Crippen LogP contribution < -0.4 is 0 Å². The van der Waals surface area contributed by atoms with Crippen molar-refractivity contribution in [1.82, 2.24) is 9.97 Å². The lowest BCUT2D eigenvalue weighted by molar-refractivity contribution is 0.0817. The molecule has 0 aliphatic carbocycles. The van der Waals surface area contributed by atoms with Crippen molar-refractivity contribution in [3.05, 3.63) is 155 Å². The zero-order valence-corrected chi connectivity index (χ0v) is 22.8. The van der Waals surface area contributed by atoms with Crippen molar-refractivity contribution in [3.8, 4) is 22.5 Å². The minimum absolute atomic E-state index is 0.0875. The van der Waals surface area contributed by atoms with Crippen molar-refractivity contribution >= 4 is 34.2 Å². The molecule has 44 heavy (non-hydrogen) atoms. The van der Waals surface area contributed by atoms with Crippen LogP contribution in [0.5, 0.6) is 0 Å². The van der Waals surface area contributed by atoms with Gasteiger partial charge in [-0.2, -0.15) is 0 Å². The summed E-state index contributed by atoms with van der Waals surface area (Å²) in [7, 11) is 0. The van der Waals surface area contributed by atoms with Gasteiger partial charge in [-0.25, -0.2) is 18.7 Å². The lowest BCUT2D eigenvalue weighted by Gasteiger charge is -2.11. The molecule has 0 aliphatic heterocycles. The van der Waals surface area contributed by atoms with Crippen molar-refractivity contribution in [2.24, 2.45) is 0 Å². The second-order valence-corrected chi connectivity index (χ2v) is 9.89. The van der Waals surface area contributed by atoms with Gasteiger partial charge < -0.3 is 0 Å². The molecule has 6 nitrogen and oxygen atoms in total. The van der Waals surface area contributed by atoms with Gasteiger partial charge >= 0.3 is 0 Å². The van der Waals surface area contributed by atoms with Crippen LogP contribution in [0.2, 0.25) is 0 Å². The average molecular weight is 583 g/mol. The number of aromatic nitrogens is 2. The number of benzene rings is 5. The lowest BCUT2D eigenvalue weighted by atomic mass is 9.97. The van der Waals surface area contributed by atoms with E-state index in [-0.39, 0.29) is 22.3 Å². The molecule has 5 aromatic carbocycles. The highest BCUT2D eigenvalue weighted by molar-refractivity contribution is 6.49. The van der Waals surface area contributed by atoms with Crippen LogP contribution >= 0.6 is 0 Å². The molecule has 8 heteroatoms. The van der Waals surface area contributed by atoms with Gasteiger partial charge in [0.05, 0.1) is 22.4 Å². The summed E-state index contributed by atoms with van der Waals surface area (Å²) in [5.41, 5.74) is 3.99. The van der Waals surface area contributed by atoms with Crippen molar-refractivity contribution < 1.29 is 28.0 Å². The van der Waals surface area contributed by atoms with E-state index in [0.717, 1.165) is 24.3 Å². The largest absolute Gasteiger partial charge is 0.285 e. The van der Waals surface area contributed by atoms with Gasteiger partial charge in [0.15, 0.2) is 0 Å². The molecule has 0 bridgehead atoms. The quantitative estimate of drug-likeness (QED) is 0.137. The van der Waals surface area contributed by atoms with Crippen LogP contribution in [0.4, 0.5) is 8.78 Å². The second-order valence-electron chi connectivity index (χ2n) is 9.89. The fraction of sp³-hybridized carbons (Fsp3) is 0. The molecule has 6 rings (SSSR count). The Kier molecular flexibility index (Phi) is 7.47. The lowest BCUT2D eigenvalue weighted by Crippen LogP contribution is -2.14. The van der Waals surface area contributed by atoms with Gasteiger partial charge in [-0.3, -0.25) is 19.2 Å². The standard InChI is InChI=1S/C36H20F2N2O4/c37-27-17-13-25(14-18-27)35(43)33(41)23-9-5-21(6-10-23)31-32(40-30-4-2-1-3-29(30)39-31)22-7-11-24(12-8-22)34(42)36(44)26-15-19-28(38)20-16-26/h1-20H. The zero-order chi connectivity index (χ0) is 30.8. The maximum Gasteiger partial charge on any atom is 0.233 e. The number of hydrogen-bond acceptors (Lipinski definition) is 6. The molecular weight excluding hydrogens is 562 g/mol. The Balaban J connectivity index is 1.32. The predicted octanol–water partition coefficient (Wildman–Crippen LogP) is 7.37. The van der Waals surface area contributed by atoms with Crippen molar-refractivity contribution in [1.29, 1.82) is 0 Å². The first-order valence-electron chi connectivity index (χ1n) is 13.5. The van der Waals surface area contributed by atoms with E-state index < -0.39 is 34.8 Å². The third kappa shape index (κ3) is 5.56. The first-order chi connectivity index (χ1) is 21.3. The van der Waals surface area contributed by atoms with Crippen LogP contribution in [0.1, 0.15) is 41.4 Å². The second kappa shape index (κ2) is 11.7. The number of carbonyl (C=O) groups is 4. The number of nitrogens with zero attached hydrogens (tertiary/aromatic N) is 2. The van der Waals surface area contributed by atoms with Crippen LogP contribution in [0, 0.1) is 11.6 Å². The van der Waals surface area contributed by atoms with Crippen molar-refractivity contribution in [2.45, 2.75) is 0 Å². The Morgan fingerprint density at radius 3 is 0.955 bits per heavy atom. The molecule has 6 aromatic rings. The molecule has 0 saturated carbocycles. The van der Waals surface area contributed by atoms with Crippen LogP contribution in [0.3, 0.4) is 0 Å². The van der Waals surface area contributed by atoms with Crippen LogP contribution in [-0.2, 0) is 0 Å². The number of fused-ring (bicyclic) bond motifs is 1. The molecule has 1 heterocycles. The van der Waals surface area contributed by atoms with Crippen molar-refractivity contribution in [3.63, 3.8) is 0 Å². The number of halogens is 2. The Morgan fingerprint density at radius 1 is 0.386 bits per heavy atom. The molecule has 212 valence electrons. The predicted molar refractivity (Wildman–Crippen MR) is 161 cm³/mol. The van der Waals surface area contributed by atoms with E-state index >= 15 is 0 Å². The van der Waals surface area contributed by atoms with E-state index in [0.29, 0.717) is 33.5 Å². The zero-order valence-electron chi connectivity index (χ0n) is 22.8. The van der Waals surface area contributed by atoms with E-state index in [9.17, 15) is 28.0 Å². The van der Waals surface area contributed by atoms with Gasteiger partial charge in [-0.15, -0.1) is 0 Å². The van der Waals surface area contributed by atoms with Crippen LogP contribution in [0.25, 0.3) is 33.5 Å². The summed E-state index contributed by atoms with van der Waals surface area (Å²) in [4.78, 5) is 60.6. The van der Waals surface area contributed by atoms with E-state index in [1.807, 2.05) is 24.3 Å². The SMILES string of the molecule is O=C(C(=O)c1ccc(-c2nc3ccccc3nc2-c2ccc(C(=O)C(=O)c3ccc(F)cc3)cc2)cc1)c1ccc(F)cc1. The Bertz CT molecular complexity index is 1920. The highest BCUT2D eigenvalue weighted by atomic mass is 19.1. The van der Waals surface area contributed by atoms with Gasteiger partial charge in [-0.05, 0) is 60.7 Å². The summed E-state index contributed by atoms with van der Waals surface area (Å²) >= 11 is 0. The summed E-state index contributed by atoms with van der Waals surface area (Å²) in [6.45, 7) is 0. The van der Waals surface area contributed by atoms with E-state index in [1.54, 1.807) is 24.3 Å². The smallest absolute Gasteiger partial charge is 0.233 e. The van der Waals surface area contributed by atoms with Crippen LogP contribution in [0.15, 0.2) is 121 Å². The molecule has 0 N–H and O–H groups in total. The Hall–Kier alpha value is -6.02. The highest BCUT2D eigenvalue weighted by Crippen LogP contribution is 2.32. The molecule has 1 aromatic heterocycles. The minimum Gasteiger partial charge on any atom is -0.285 e. The summed E-state index contributed by atoms with van der Waals surface area (Å²) in [6.07, 6.45) is 0. The Morgan fingerprint density at radius 2 is 0.659 bits per heavy atom. The van der Waals surface area contributed by atoms with Gasteiger partial charge in [0.2, 0.25) is 23.1 Å². The molecular formula is C36H20F2N2O4. The first kappa shape index (κ1) is 28.1. The van der Waals surface area contributed by atoms with Gasteiger partial charge in [0.1, 0.15) is 11.6 Å². The maximum absolute atomic E-state index is 13.2. The monoisotopic (exact) mass is 582 g/mol. The van der Waals surface area contributed by atoms with E-state index in [1.165, 1.54) is 48.5 Å². The molecule has 0 unspecified atom stereocenters. The first-order valence-corrected chi connectivity index (χ1v) is 13.5. The minimum atomic E-state index is -0.753. The number of para-hydroxylation sites is 2. The summed E-state index contributed by atoms with van der Waals surface area (Å²) in [5, 5.41) is 0. The number of Topliss-reactive ketones (excluding diaryl/α,β-unsaturated/α-hetero) is 4. The fourth-order valence-electron chi connectivity index (χ4n) is 4.69. The van der Waals surface area contributed by atoms with E-state index in [4.69, 9.17) is 9.97 Å². The van der Waals surface area contributed by atoms with Crippen LogP contribution in [-0.4, -0.2) is 33.1 Å². The number of hydrogen-bond donors (Lipinski definition) is 0. The maximum atomic E-state index is 13.2.